The van der Waals surface area contributed by atoms with Gasteiger partial charge < -0.3 is 10.1 Å². The van der Waals surface area contributed by atoms with Crippen LogP contribution in [0.3, 0.4) is 0 Å². The van der Waals surface area contributed by atoms with E-state index in [9.17, 15) is 9.59 Å². The summed E-state index contributed by atoms with van der Waals surface area (Å²) >= 11 is 6.01. The van der Waals surface area contributed by atoms with Crippen molar-refractivity contribution in [1.29, 1.82) is 0 Å². The summed E-state index contributed by atoms with van der Waals surface area (Å²) in [4.78, 5) is 28.3. The van der Waals surface area contributed by atoms with E-state index < -0.39 is 6.04 Å². The summed E-state index contributed by atoms with van der Waals surface area (Å²) in [5.74, 6) is 0.0892. The molecule has 1 atom stereocenters. The van der Waals surface area contributed by atoms with E-state index in [0.29, 0.717) is 16.5 Å². The van der Waals surface area contributed by atoms with Crippen molar-refractivity contribution in [1.82, 2.24) is 10.7 Å². The van der Waals surface area contributed by atoms with Crippen molar-refractivity contribution in [2.24, 2.45) is 10.1 Å². The molecular formula is C19H18ClN5O3. The van der Waals surface area contributed by atoms with Gasteiger partial charge in [-0.25, -0.2) is 10.4 Å². The summed E-state index contributed by atoms with van der Waals surface area (Å²) in [5.41, 5.74) is 3.90. The minimum atomic E-state index is -0.841. The topological polar surface area (TPSA) is 104 Å². The van der Waals surface area contributed by atoms with Crippen LogP contribution in [0.25, 0.3) is 0 Å². The molecule has 1 heterocycles. The van der Waals surface area contributed by atoms with Crippen LogP contribution in [0.5, 0.6) is 5.75 Å². The third-order valence-electron chi connectivity index (χ3n) is 3.87. The third-order valence-corrected chi connectivity index (χ3v) is 4.20. The fourth-order valence-corrected chi connectivity index (χ4v) is 2.70. The van der Waals surface area contributed by atoms with Crippen molar-refractivity contribution >= 4 is 41.3 Å². The number of carbonyl (C=O) groups is 2. The molecule has 1 aliphatic heterocycles. The summed E-state index contributed by atoms with van der Waals surface area (Å²) in [5, 5.41) is 9.67. The minimum Gasteiger partial charge on any atom is -0.496 e. The Hall–Kier alpha value is -3.39. The molecular weight excluding hydrogens is 382 g/mol. The number of benzene rings is 2. The van der Waals surface area contributed by atoms with E-state index in [1.165, 1.54) is 0 Å². The van der Waals surface area contributed by atoms with Gasteiger partial charge in [0.2, 0.25) is 11.9 Å². The lowest BCUT2D eigenvalue weighted by atomic mass is 10.2. The first-order valence-electron chi connectivity index (χ1n) is 8.42. The van der Waals surface area contributed by atoms with E-state index in [0.717, 1.165) is 5.56 Å². The number of guanidine groups is 1. The molecule has 0 aliphatic carbocycles. The Labute approximate surface area is 166 Å². The Morgan fingerprint density at radius 3 is 2.82 bits per heavy atom. The molecule has 3 rings (SSSR count). The maximum Gasteiger partial charge on any atom is 0.252 e. The highest BCUT2D eigenvalue weighted by Crippen LogP contribution is 2.21. The number of hydrazone groups is 1. The van der Waals surface area contributed by atoms with Crippen molar-refractivity contribution in [3.63, 3.8) is 0 Å². The number of amides is 2. The molecule has 2 aromatic rings. The summed E-state index contributed by atoms with van der Waals surface area (Å²) in [6.45, 7) is 0. The van der Waals surface area contributed by atoms with Crippen LogP contribution >= 0.6 is 11.6 Å². The molecule has 28 heavy (non-hydrogen) atoms. The highest BCUT2D eigenvalue weighted by Gasteiger charge is 2.28. The van der Waals surface area contributed by atoms with Gasteiger partial charge in [-0.3, -0.25) is 14.9 Å². The first kappa shape index (κ1) is 19.4. The van der Waals surface area contributed by atoms with Crippen molar-refractivity contribution in [2.75, 3.05) is 12.4 Å². The number of anilines is 1. The van der Waals surface area contributed by atoms with Crippen LogP contribution in [0.15, 0.2) is 58.6 Å². The molecule has 0 bridgehead atoms. The molecule has 2 amide bonds. The Kier molecular flexibility index (Phi) is 6.23. The average molecular weight is 400 g/mol. The molecule has 1 aliphatic rings. The largest absolute Gasteiger partial charge is 0.496 e. The van der Waals surface area contributed by atoms with E-state index >= 15 is 0 Å². The maximum absolute atomic E-state index is 12.2. The molecule has 0 radical (unpaired) electrons. The molecule has 2 aromatic carbocycles. The molecule has 0 spiro atoms. The maximum atomic E-state index is 12.2. The Morgan fingerprint density at radius 1 is 1.29 bits per heavy atom. The van der Waals surface area contributed by atoms with Crippen LogP contribution in [-0.4, -0.2) is 37.1 Å². The Balaban J connectivity index is 1.57. The van der Waals surface area contributed by atoms with Gasteiger partial charge in [0.25, 0.3) is 5.91 Å². The number of ether oxygens (including phenoxy) is 1. The lowest BCUT2D eigenvalue weighted by Crippen LogP contribution is -2.35. The number of aliphatic imine (C=N–C) groups is 1. The quantitative estimate of drug-likeness (QED) is 0.511. The van der Waals surface area contributed by atoms with Crippen LogP contribution in [0.2, 0.25) is 5.02 Å². The second-order valence-corrected chi connectivity index (χ2v) is 6.23. The molecule has 0 unspecified atom stereocenters. The standard InChI is InChI=1S/C19H18ClN5O3/c1-28-16-9-5-2-6-12(16)11-21-25-19-23-15(18(27)24-19)10-17(26)22-14-8-4-3-7-13(14)20/h2-9,11,15H,10H2,1H3,(H,22,26)(H2,23,24,25,27)/b21-11-/t15-/m1/s1. The van der Waals surface area contributed by atoms with Gasteiger partial charge in [-0.1, -0.05) is 35.9 Å². The Morgan fingerprint density at radius 2 is 2.04 bits per heavy atom. The first-order chi connectivity index (χ1) is 13.6. The van der Waals surface area contributed by atoms with Gasteiger partial charge in [0.05, 0.1) is 30.5 Å². The number of nitrogens with one attached hydrogen (secondary N) is 3. The second kappa shape index (κ2) is 9.01. The average Bonchev–Trinajstić information content (AvgIpc) is 3.03. The van der Waals surface area contributed by atoms with Gasteiger partial charge >= 0.3 is 0 Å². The zero-order valence-electron chi connectivity index (χ0n) is 15.0. The third kappa shape index (κ3) is 4.86. The number of nitrogens with zero attached hydrogens (tertiary/aromatic N) is 2. The molecule has 0 aromatic heterocycles. The van der Waals surface area contributed by atoms with Gasteiger partial charge in [0, 0.05) is 5.56 Å². The van der Waals surface area contributed by atoms with Crippen molar-refractivity contribution < 1.29 is 14.3 Å². The fraction of sp³-hybridized carbons (Fsp3) is 0.158. The van der Waals surface area contributed by atoms with Crippen LogP contribution in [0.4, 0.5) is 5.69 Å². The smallest absolute Gasteiger partial charge is 0.252 e. The predicted octanol–water partition coefficient (Wildman–Crippen LogP) is 2.16. The summed E-state index contributed by atoms with van der Waals surface area (Å²) in [7, 11) is 1.57. The molecule has 9 heteroatoms. The van der Waals surface area contributed by atoms with E-state index in [1.807, 2.05) is 24.3 Å². The van der Waals surface area contributed by atoms with Crippen LogP contribution in [0, 0.1) is 0 Å². The SMILES string of the molecule is COc1ccccc1/C=N\NC1=N[C@H](CC(=O)Nc2ccccc2Cl)C(=O)N1. The monoisotopic (exact) mass is 399 g/mol. The lowest BCUT2D eigenvalue weighted by molar-refractivity contribution is -0.123. The van der Waals surface area contributed by atoms with Gasteiger partial charge in [0.15, 0.2) is 0 Å². The number of halogens is 1. The number of rotatable bonds is 6. The van der Waals surface area contributed by atoms with Gasteiger partial charge in [-0.2, -0.15) is 5.10 Å². The highest BCUT2D eigenvalue weighted by atomic mass is 35.5. The summed E-state index contributed by atoms with van der Waals surface area (Å²) in [6.07, 6.45) is 1.43. The van der Waals surface area contributed by atoms with Gasteiger partial charge in [0.1, 0.15) is 11.8 Å². The molecule has 0 saturated carbocycles. The van der Waals surface area contributed by atoms with Crippen molar-refractivity contribution in [3.8, 4) is 5.75 Å². The van der Waals surface area contributed by atoms with Crippen LogP contribution in [0.1, 0.15) is 12.0 Å². The Bertz CT molecular complexity index is 945. The van der Waals surface area contributed by atoms with E-state index in [2.05, 4.69) is 26.2 Å². The number of methoxy groups -OCH3 is 1. The summed E-state index contributed by atoms with van der Waals surface area (Å²) in [6, 6.07) is 13.4. The second-order valence-electron chi connectivity index (χ2n) is 5.83. The highest BCUT2D eigenvalue weighted by molar-refractivity contribution is 6.33. The van der Waals surface area contributed by atoms with Crippen molar-refractivity contribution in [3.05, 3.63) is 59.1 Å². The van der Waals surface area contributed by atoms with Crippen LogP contribution in [-0.2, 0) is 9.59 Å². The van der Waals surface area contributed by atoms with Gasteiger partial charge in [-0.05, 0) is 24.3 Å². The summed E-state index contributed by atoms with van der Waals surface area (Å²) < 4.78 is 5.23. The first-order valence-corrected chi connectivity index (χ1v) is 8.80. The van der Waals surface area contributed by atoms with Crippen LogP contribution < -0.4 is 20.8 Å². The number of hydrogen-bond acceptors (Lipinski definition) is 6. The normalized spacial score (nSPS) is 15.9. The zero-order chi connectivity index (χ0) is 19.9. The van der Waals surface area contributed by atoms with Crippen molar-refractivity contribution in [2.45, 2.75) is 12.5 Å². The van der Waals surface area contributed by atoms with E-state index in [4.69, 9.17) is 16.3 Å². The number of carbonyl (C=O) groups excluding carboxylic acids is 2. The predicted molar refractivity (Wildman–Crippen MR) is 108 cm³/mol. The molecule has 8 nitrogen and oxygen atoms in total. The van der Waals surface area contributed by atoms with E-state index in [-0.39, 0.29) is 24.2 Å². The van der Waals surface area contributed by atoms with Gasteiger partial charge in [-0.15, -0.1) is 0 Å². The molecule has 0 saturated heterocycles. The molecule has 3 N–H and O–H groups in total. The number of para-hydroxylation sites is 2. The molecule has 0 fully saturated rings. The lowest BCUT2D eigenvalue weighted by Gasteiger charge is -2.08. The molecule has 144 valence electrons. The van der Waals surface area contributed by atoms with E-state index in [1.54, 1.807) is 37.6 Å². The fourth-order valence-electron chi connectivity index (χ4n) is 2.52. The number of hydrogen-bond donors (Lipinski definition) is 3. The minimum absolute atomic E-state index is 0.113. The zero-order valence-corrected chi connectivity index (χ0v) is 15.7.